The van der Waals surface area contributed by atoms with Crippen molar-refractivity contribution in [1.82, 2.24) is 20.5 Å². The summed E-state index contributed by atoms with van der Waals surface area (Å²) in [6, 6.07) is 0.320. The number of nitrogens with zero attached hydrogens (tertiary/aromatic N) is 2. The van der Waals surface area contributed by atoms with E-state index in [4.69, 9.17) is 0 Å². The normalized spacial score (nSPS) is 16.6. The summed E-state index contributed by atoms with van der Waals surface area (Å²) in [6.45, 7) is 2.07. The van der Waals surface area contributed by atoms with Gasteiger partial charge in [-0.2, -0.15) is 0 Å². The molecule has 88 valence electrons. The fourth-order valence-corrected chi connectivity index (χ4v) is 2.07. The van der Waals surface area contributed by atoms with Gasteiger partial charge in [0.15, 0.2) is 0 Å². The van der Waals surface area contributed by atoms with Crippen LogP contribution in [0.2, 0.25) is 0 Å². The van der Waals surface area contributed by atoms with E-state index in [0.717, 1.165) is 31.5 Å². The Bertz CT molecular complexity index is 355. The third kappa shape index (κ3) is 2.59. The van der Waals surface area contributed by atoms with Crippen LogP contribution in [0.1, 0.15) is 55.5 Å². The molecule has 1 fully saturated rings. The predicted molar refractivity (Wildman–Crippen MR) is 60.1 cm³/mol. The molecule has 0 aromatic carbocycles. The Morgan fingerprint density at radius 3 is 2.94 bits per heavy atom. The van der Waals surface area contributed by atoms with Crippen molar-refractivity contribution in [2.75, 3.05) is 0 Å². The topological polar surface area (TPSA) is 70.7 Å². The molecule has 0 saturated heterocycles. The van der Waals surface area contributed by atoms with E-state index in [1.165, 1.54) is 12.8 Å². The number of aromatic nitrogens is 3. The van der Waals surface area contributed by atoms with Crippen molar-refractivity contribution in [2.45, 2.75) is 51.5 Å². The lowest BCUT2D eigenvalue weighted by Gasteiger charge is -2.09. The first-order valence-corrected chi connectivity index (χ1v) is 6.01. The standard InChI is InChI=1S/C11H18N4O/c1-2-5-9-13-10(15-14-9)11(16)12-8-6-3-4-7-8/h8H,2-7H2,1H3,(H,12,16)(H,13,14,15). The van der Waals surface area contributed by atoms with Gasteiger partial charge in [-0.3, -0.25) is 9.89 Å². The van der Waals surface area contributed by atoms with Gasteiger partial charge in [-0.1, -0.05) is 19.8 Å². The quantitative estimate of drug-likeness (QED) is 0.809. The van der Waals surface area contributed by atoms with E-state index in [1.807, 2.05) is 0 Å². The van der Waals surface area contributed by atoms with Gasteiger partial charge in [0.05, 0.1) is 0 Å². The monoisotopic (exact) mass is 222 g/mol. The maximum atomic E-state index is 11.8. The summed E-state index contributed by atoms with van der Waals surface area (Å²) in [7, 11) is 0. The van der Waals surface area contributed by atoms with Crippen molar-refractivity contribution in [2.24, 2.45) is 0 Å². The predicted octanol–water partition coefficient (Wildman–Crippen LogP) is 1.43. The lowest BCUT2D eigenvalue weighted by Crippen LogP contribution is -2.33. The number of nitrogens with one attached hydrogen (secondary N) is 2. The molecule has 16 heavy (non-hydrogen) atoms. The minimum Gasteiger partial charge on any atom is -0.347 e. The molecule has 0 unspecified atom stereocenters. The second-order valence-electron chi connectivity index (χ2n) is 4.31. The summed E-state index contributed by atoms with van der Waals surface area (Å²) in [4.78, 5) is 15.9. The van der Waals surface area contributed by atoms with E-state index >= 15 is 0 Å². The van der Waals surface area contributed by atoms with Gasteiger partial charge < -0.3 is 5.32 Å². The Hall–Kier alpha value is -1.39. The van der Waals surface area contributed by atoms with Gasteiger partial charge in [-0.25, -0.2) is 4.98 Å². The van der Waals surface area contributed by atoms with Crippen LogP contribution in [0.4, 0.5) is 0 Å². The van der Waals surface area contributed by atoms with Crippen molar-refractivity contribution < 1.29 is 4.79 Å². The lowest BCUT2D eigenvalue weighted by molar-refractivity contribution is 0.0927. The average Bonchev–Trinajstić information content (AvgIpc) is 2.89. The third-order valence-electron chi connectivity index (χ3n) is 2.91. The molecule has 1 amide bonds. The minimum absolute atomic E-state index is 0.148. The Labute approximate surface area is 95.0 Å². The molecular weight excluding hydrogens is 204 g/mol. The summed E-state index contributed by atoms with van der Waals surface area (Å²) in [5.74, 6) is 0.917. The van der Waals surface area contributed by atoms with Gasteiger partial charge in [-0.15, -0.1) is 5.10 Å². The Morgan fingerprint density at radius 1 is 1.50 bits per heavy atom. The molecule has 1 aromatic rings. The van der Waals surface area contributed by atoms with Gasteiger partial charge in [0.2, 0.25) is 5.82 Å². The van der Waals surface area contributed by atoms with E-state index in [-0.39, 0.29) is 11.7 Å². The van der Waals surface area contributed by atoms with E-state index in [0.29, 0.717) is 6.04 Å². The van der Waals surface area contributed by atoms with Crippen LogP contribution >= 0.6 is 0 Å². The summed E-state index contributed by atoms with van der Waals surface area (Å²) in [5.41, 5.74) is 0. The molecule has 0 bridgehead atoms. The van der Waals surface area contributed by atoms with E-state index in [9.17, 15) is 4.79 Å². The van der Waals surface area contributed by atoms with Crippen LogP contribution in [-0.2, 0) is 6.42 Å². The second-order valence-corrected chi connectivity index (χ2v) is 4.31. The van der Waals surface area contributed by atoms with Crippen LogP contribution in [-0.4, -0.2) is 27.1 Å². The highest BCUT2D eigenvalue weighted by Gasteiger charge is 2.20. The van der Waals surface area contributed by atoms with Crippen molar-refractivity contribution >= 4 is 5.91 Å². The maximum absolute atomic E-state index is 11.8. The van der Waals surface area contributed by atoms with Crippen LogP contribution in [0, 0.1) is 0 Å². The molecule has 5 nitrogen and oxygen atoms in total. The highest BCUT2D eigenvalue weighted by Crippen LogP contribution is 2.17. The molecule has 2 rings (SSSR count). The molecule has 1 aliphatic carbocycles. The Kier molecular flexibility index (Phi) is 3.54. The summed E-state index contributed by atoms with van der Waals surface area (Å²) in [5, 5.41) is 9.69. The van der Waals surface area contributed by atoms with Gasteiger partial charge in [0.1, 0.15) is 5.82 Å². The van der Waals surface area contributed by atoms with Gasteiger partial charge in [0.25, 0.3) is 5.91 Å². The van der Waals surface area contributed by atoms with Gasteiger partial charge >= 0.3 is 0 Å². The van der Waals surface area contributed by atoms with E-state index < -0.39 is 0 Å². The fraction of sp³-hybridized carbons (Fsp3) is 0.727. The van der Waals surface area contributed by atoms with Crippen LogP contribution in [0.5, 0.6) is 0 Å². The first-order valence-electron chi connectivity index (χ1n) is 6.01. The van der Waals surface area contributed by atoms with Crippen LogP contribution in [0.3, 0.4) is 0 Å². The molecule has 0 aliphatic heterocycles. The molecule has 5 heteroatoms. The van der Waals surface area contributed by atoms with Crippen molar-refractivity contribution in [3.8, 4) is 0 Å². The number of amides is 1. The van der Waals surface area contributed by atoms with Crippen LogP contribution in [0.15, 0.2) is 0 Å². The van der Waals surface area contributed by atoms with E-state index in [1.54, 1.807) is 0 Å². The number of aromatic amines is 1. The molecule has 2 N–H and O–H groups in total. The fourth-order valence-electron chi connectivity index (χ4n) is 2.07. The zero-order valence-corrected chi connectivity index (χ0v) is 9.62. The molecule has 1 saturated carbocycles. The summed E-state index contributed by atoms with van der Waals surface area (Å²) >= 11 is 0. The summed E-state index contributed by atoms with van der Waals surface area (Å²) in [6.07, 6.45) is 6.42. The smallest absolute Gasteiger partial charge is 0.291 e. The van der Waals surface area contributed by atoms with Gasteiger partial charge in [-0.05, 0) is 19.3 Å². The molecular formula is C11H18N4O. The SMILES string of the molecule is CCCc1nc(C(=O)NC2CCCC2)n[nH]1. The van der Waals surface area contributed by atoms with Crippen molar-refractivity contribution in [3.63, 3.8) is 0 Å². The van der Waals surface area contributed by atoms with Gasteiger partial charge in [0, 0.05) is 12.5 Å². The Morgan fingerprint density at radius 2 is 2.25 bits per heavy atom. The lowest BCUT2D eigenvalue weighted by atomic mass is 10.2. The largest absolute Gasteiger partial charge is 0.347 e. The first kappa shape index (κ1) is 11.1. The number of hydrogen-bond acceptors (Lipinski definition) is 3. The van der Waals surface area contributed by atoms with Crippen LogP contribution in [0.25, 0.3) is 0 Å². The zero-order valence-electron chi connectivity index (χ0n) is 9.62. The minimum atomic E-state index is -0.148. The maximum Gasteiger partial charge on any atom is 0.291 e. The Balaban J connectivity index is 1.91. The summed E-state index contributed by atoms with van der Waals surface area (Å²) < 4.78 is 0. The molecule has 0 spiro atoms. The molecule has 0 radical (unpaired) electrons. The molecule has 1 aromatic heterocycles. The second kappa shape index (κ2) is 5.09. The van der Waals surface area contributed by atoms with Crippen LogP contribution < -0.4 is 5.32 Å². The number of carbonyl (C=O) groups is 1. The number of carbonyl (C=O) groups excluding carboxylic acids is 1. The zero-order chi connectivity index (χ0) is 11.4. The number of hydrogen-bond donors (Lipinski definition) is 2. The molecule has 1 aliphatic rings. The van der Waals surface area contributed by atoms with Crippen molar-refractivity contribution in [3.05, 3.63) is 11.6 Å². The average molecular weight is 222 g/mol. The number of rotatable bonds is 4. The third-order valence-corrected chi connectivity index (χ3v) is 2.91. The number of H-pyrrole nitrogens is 1. The molecule has 0 atom stereocenters. The van der Waals surface area contributed by atoms with E-state index in [2.05, 4.69) is 27.4 Å². The van der Waals surface area contributed by atoms with Crippen molar-refractivity contribution in [1.29, 1.82) is 0 Å². The highest BCUT2D eigenvalue weighted by atomic mass is 16.2. The number of aryl methyl sites for hydroxylation is 1. The molecule has 1 heterocycles. The first-order chi connectivity index (χ1) is 7.79. The highest BCUT2D eigenvalue weighted by molar-refractivity contribution is 5.90.